The van der Waals surface area contributed by atoms with Crippen molar-refractivity contribution in [2.24, 2.45) is 0 Å². The minimum atomic E-state index is -0.400. The minimum Gasteiger partial charge on any atom is -0.505 e. The summed E-state index contributed by atoms with van der Waals surface area (Å²) in [6, 6.07) is 10.2. The molecular formula is C14H11N3O2. The number of aromatic hydroxyl groups is 1. The van der Waals surface area contributed by atoms with Crippen LogP contribution in [0.3, 0.4) is 0 Å². The average molecular weight is 253 g/mol. The number of carbonyl (C=O) groups excluding carboxylic acids is 1. The van der Waals surface area contributed by atoms with E-state index in [1.165, 1.54) is 23.4 Å². The van der Waals surface area contributed by atoms with Gasteiger partial charge in [-0.05, 0) is 18.2 Å². The monoisotopic (exact) mass is 253 g/mol. The van der Waals surface area contributed by atoms with Crippen LogP contribution in [0.4, 0.5) is 5.69 Å². The number of pyridine rings is 1. The zero-order valence-corrected chi connectivity index (χ0v) is 10.2. The fraction of sp³-hybridized carbons (Fsp3) is 0.0714. The molecule has 2 rings (SSSR count). The Hall–Kier alpha value is -2.87. The topological polar surface area (TPSA) is 77.2 Å². The molecule has 0 spiro atoms. The second-order valence-corrected chi connectivity index (χ2v) is 3.89. The minimum absolute atomic E-state index is 0.144. The number of hydrogen-bond acceptors (Lipinski definition) is 4. The highest BCUT2D eigenvalue weighted by molar-refractivity contribution is 6.07. The summed E-state index contributed by atoms with van der Waals surface area (Å²) in [6.07, 6.45) is 2.63. The lowest BCUT2D eigenvalue weighted by Crippen LogP contribution is -2.27. The molecule has 0 bridgehead atoms. The van der Waals surface area contributed by atoms with Crippen LogP contribution in [0.5, 0.6) is 5.75 Å². The maximum Gasteiger partial charge on any atom is 0.261 e. The summed E-state index contributed by atoms with van der Waals surface area (Å²) in [6.45, 7) is 0. The van der Waals surface area contributed by atoms with Gasteiger partial charge in [0.05, 0.1) is 23.0 Å². The van der Waals surface area contributed by atoms with E-state index in [0.717, 1.165) is 0 Å². The van der Waals surface area contributed by atoms with Gasteiger partial charge < -0.3 is 10.0 Å². The van der Waals surface area contributed by atoms with Crippen LogP contribution in [0.15, 0.2) is 42.7 Å². The Morgan fingerprint density at radius 3 is 2.79 bits per heavy atom. The molecule has 5 nitrogen and oxygen atoms in total. The highest BCUT2D eigenvalue weighted by Gasteiger charge is 2.18. The molecule has 1 aromatic heterocycles. The maximum absolute atomic E-state index is 12.3. The van der Waals surface area contributed by atoms with Crippen molar-refractivity contribution in [1.82, 2.24) is 4.98 Å². The molecule has 1 N–H and O–H groups in total. The maximum atomic E-state index is 12.3. The molecule has 0 aliphatic heterocycles. The lowest BCUT2D eigenvalue weighted by atomic mass is 10.1. The summed E-state index contributed by atoms with van der Waals surface area (Å²) in [4.78, 5) is 17.3. The highest BCUT2D eigenvalue weighted by atomic mass is 16.3. The van der Waals surface area contributed by atoms with Gasteiger partial charge in [0.2, 0.25) is 0 Å². The van der Waals surface area contributed by atoms with E-state index in [9.17, 15) is 9.90 Å². The molecule has 1 aromatic carbocycles. The van der Waals surface area contributed by atoms with Gasteiger partial charge in [-0.15, -0.1) is 0 Å². The number of hydrogen-bond donors (Lipinski definition) is 1. The number of aromatic nitrogens is 1. The molecule has 94 valence electrons. The van der Waals surface area contributed by atoms with Crippen LogP contribution >= 0.6 is 0 Å². The van der Waals surface area contributed by atoms with E-state index in [1.54, 1.807) is 31.3 Å². The van der Waals surface area contributed by atoms with Crippen molar-refractivity contribution in [3.05, 3.63) is 53.9 Å². The first-order valence-corrected chi connectivity index (χ1v) is 5.55. The third kappa shape index (κ3) is 2.38. The van der Waals surface area contributed by atoms with Crippen LogP contribution in [0.2, 0.25) is 0 Å². The summed E-state index contributed by atoms with van der Waals surface area (Å²) >= 11 is 0. The Bertz CT molecular complexity index is 662. The van der Waals surface area contributed by atoms with Crippen LogP contribution in [-0.2, 0) is 0 Å². The average Bonchev–Trinajstić information content (AvgIpc) is 2.46. The molecule has 0 unspecified atom stereocenters. The summed E-state index contributed by atoms with van der Waals surface area (Å²) in [7, 11) is 1.55. The molecule has 1 amide bonds. The quantitative estimate of drug-likeness (QED) is 0.887. The number of nitriles is 1. The van der Waals surface area contributed by atoms with Crippen LogP contribution in [-0.4, -0.2) is 23.0 Å². The first kappa shape index (κ1) is 12.6. The molecular weight excluding hydrogens is 242 g/mol. The second-order valence-electron chi connectivity index (χ2n) is 3.89. The normalized spacial score (nSPS) is 9.68. The molecule has 0 radical (unpaired) electrons. The van der Waals surface area contributed by atoms with Crippen molar-refractivity contribution in [2.45, 2.75) is 0 Å². The van der Waals surface area contributed by atoms with Crippen molar-refractivity contribution >= 4 is 11.6 Å². The zero-order valence-electron chi connectivity index (χ0n) is 10.2. The third-order valence-corrected chi connectivity index (χ3v) is 2.72. The predicted octanol–water partition coefficient (Wildman–Crippen LogP) is 1.94. The number of carbonyl (C=O) groups is 1. The largest absolute Gasteiger partial charge is 0.505 e. The summed E-state index contributed by atoms with van der Waals surface area (Å²) < 4.78 is 0. The summed E-state index contributed by atoms with van der Waals surface area (Å²) in [5.74, 6) is -0.587. The second kappa shape index (κ2) is 5.19. The number of rotatable bonds is 2. The molecule has 0 aliphatic rings. The highest BCUT2D eigenvalue weighted by Crippen LogP contribution is 2.23. The lowest BCUT2D eigenvalue weighted by Gasteiger charge is -2.18. The van der Waals surface area contributed by atoms with Gasteiger partial charge in [0.15, 0.2) is 0 Å². The Morgan fingerprint density at radius 1 is 1.37 bits per heavy atom. The Kier molecular flexibility index (Phi) is 3.44. The van der Waals surface area contributed by atoms with E-state index in [4.69, 9.17) is 5.26 Å². The van der Waals surface area contributed by atoms with Crippen LogP contribution in [0.1, 0.15) is 15.9 Å². The number of nitrogens with zero attached hydrogens (tertiary/aromatic N) is 3. The Labute approximate surface area is 110 Å². The van der Waals surface area contributed by atoms with E-state index in [2.05, 4.69) is 4.98 Å². The lowest BCUT2D eigenvalue weighted by molar-refractivity contribution is 0.0990. The number of amides is 1. The van der Waals surface area contributed by atoms with Gasteiger partial charge >= 0.3 is 0 Å². The summed E-state index contributed by atoms with van der Waals surface area (Å²) in [5.41, 5.74) is 1.03. The molecule has 0 atom stereocenters. The van der Waals surface area contributed by atoms with E-state index in [0.29, 0.717) is 11.3 Å². The SMILES string of the molecule is CN(C(=O)c1ccncc1O)c1ccccc1C#N. The van der Waals surface area contributed by atoms with E-state index >= 15 is 0 Å². The third-order valence-electron chi connectivity index (χ3n) is 2.72. The van der Waals surface area contributed by atoms with Gasteiger partial charge in [-0.1, -0.05) is 12.1 Å². The van der Waals surface area contributed by atoms with Gasteiger partial charge in [-0.3, -0.25) is 9.78 Å². The van der Waals surface area contributed by atoms with Crippen molar-refractivity contribution in [3.63, 3.8) is 0 Å². The van der Waals surface area contributed by atoms with Gasteiger partial charge in [-0.25, -0.2) is 0 Å². The Morgan fingerprint density at radius 2 is 2.11 bits per heavy atom. The molecule has 19 heavy (non-hydrogen) atoms. The van der Waals surface area contributed by atoms with Crippen molar-refractivity contribution in [3.8, 4) is 11.8 Å². The van der Waals surface area contributed by atoms with Gasteiger partial charge in [-0.2, -0.15) is 5.26 Å². The van der Waals surface area contributed by atoms with Crippen molar-refractivity contribution < 1.29 is 9.90 Å². The summed E-state index contributed by atoms with van der Waals surface area (Å²) in [5, 5.41) is 18.7. The van der Waals surface area contributed by atoms with E-state index < -0.39 is 5.91 Å². The molecule has 0 saturated heterocycles. The molecule has 2 aromatic rings. The van der Waals surface area contributed by atoms with Crippen molar-refractivity contribution in [2.75, 3.05) is 11.9 Å². The van der Waals surface area contributed by atoms with Crippen molar-refractivity contribution in [1.29, 1.82) is 5.26 Å². The van der Waals surface area contributed by atoms with Crippen LogP contribution in [0, 0.1) is 11.3 Å². The van der Waals surface area contributed by atoms with Gasteiger partial charge in [0, 0.05) is 13.2 Å². The van der Waals surface area contributed by atoms with Crippen LogP contribution in [0.25, 0.3) is 0 Å². The van der Waals surface area contributed by atoms with E-state index in [-0.39, 0.29) is 11.3 Å². The molecule has 5 heteroatoms. The number of anilines is 1. The van der Waals surface area contributed by atoms with Gasteiger partial charge in [0.25, 0.3) is 5.91 Å². The van der Waals surface area contributed by atoms with Gasteiger partial charge in [0.1, 0.15) is 11.8 Å². The first-order chi connectivity index (χ1) is 9.15. The molecule has 0 aliphatic carbocycles. The standard InChI is InChI=1S/C14H11N3O2/c1-17(12-5-3-2-4-10(12)8-15)14(19)11-6-7-16-9-13(11)18/h2-7,9,18H,1H3. The van der Waals surface area contributed by atoms with E-state index in [1.807, 2.05) is 6.07 Å². The zero-order chi connectivity index (χ0) is 13.8. The first-order valence-electron chi connectivity index (χ1n) is 5.55. The fourth-order valence-electron chi connectivity index (χ4n) is 1.72. The smallest absolute Gasteiger partial charge is 0.261 e. The molecule has 0 saturated carbocycles. The number of para-hydroxylation sites is 1. The fourth-order valence-corrected chi connectivity index (χ4v) is 1.72. The molecule has 1 heterocycles. The number of benzene rings is 1. The predicted molar refractivity (Wildman–Crippen MR) is 69.8 cm³/mol. The molecule has 0 fully saturated rings. The Balaban J connectivity index is 2.40. The van der Waals surface area contributed by atoms with Crippen LogP contribution < -0.4 is 4.90 Å².